The van der Waals surface area contributed by atoms with Gasteiger partial charge in [-0.2, -0.15) is 5.10 Å². The van der Waals surface area contributed by atoms with Crippen LogP contribution in [0, 0.1) is 27.7 Å². The Hall–Kier alpha value is -4.00. The van der Waals surface area contributed by atoms with Gasteiger partial charge >= 0.3 is 0 Å². The molecule has 0 saturated carbocycles. The first-order chi connectivity index (χ1) is 14.9. The first kappa shape index (κ1) is 20.3. The molecule has 0 atom stereocenters. The average molecular weight is 413 g/mol. The number of hydrogen-bond donors (Lipinski definition) is 1. The molecule has 0 unspecified atom stereocenters. The van der Waals surface area contributed by atoms with Crippen molar-refractivity contribution >= 4 is 11.6 Å². The molecule has 4 rings (SSSR count). The van der Waals surface area contributed by atoms with Crippen LogP contribution in [0.2, 0.25) is 0 Å². The second kappa shape index (κ2) is 8.39. The van der Waals surface area contributed by atoms with Gasteiger partial charge in [-0.15, -0.1) is 0 Å². The first-order valence-electron chi connectivity index (χ1n) is 9.92. The Balaban J connectivity index is 1.48. The monoisotopic (exact) mass is 413 g/mol. The van der Waals surface area contributed by atoms with E-state index in [2.05, 4.69) is 20.4 Å². The minimum absolute atomic E-state index is 0.146. The number of anilines is 1. The lowest BCUT2D eigenvalue weighted by Gasteiger charge is -2.10. The van der Waals surface area contributed by atoms with E-state index in [-0.39, 0.29) is 5.91 Å². The molecule has 0 aliphatic carbocycles. The molecule has 2 aromatic heterocycles. The predicted molar refractivity (Wildman–Crippen MR) is 119 cm³/mol. The highest BCUT2D eigenvalue weighted by Crippen LogP contribution is 2.24. The standard InChI is InChI=1S/C24H23N5O2/c1-15-7-5-6-8-21(15)24(30)27-19-9-11-20(12-10-19)31-23-13-22(25-14-26-23)29-18(4)16(2)17(3)28-29/h5-14H,1-4H3,(H,27,30). The molecular weight excluding hydrogens is 390 g/mol. The van der Waals surface area contributed by atoms with Crippen LogP contribution >= 0.6 is 0 Å². The minimum Gasteiger partial charge on any atom is -0.439 e. The number of aryl methyl sites for hydroxylation is 2. The molecule has 0 bridgehead atoms. The molecule has 7 heteroatoms. The molecule has 1 N–H and O–H groups in total. The van der Waals surface area contributed by atoms with Crippen LogP contribution in [0.3, 0.4) is 0 Å². The summed E-state index contributed by atoms with van der Waals surface area (Å²) in [5, 5.41) is 7.43. The first-order valence-corrected chi connectivity index (χ1v) is 9.92. The van der Waals surface area contributed by atoms with Gasteiger partial charge in [0.15, 0.2) is 5.82 Å². The molecule has 2 heterocycles. The third-order valence-electron chi connectivity index (χ3n) is 5.22. The van der Waals surface area contributed by atoms with Crippen LogP contribution in [-0.2, 0) is 0 Å². The van der Waals surface area contributed by atoms with E-state index in [0.29, 0.717) is 28.7 Å². The van der Waals surface area contributed by atoms with Gasteiger partial charge in [0.2, 0.25) is 5.88 Å². The van der Waals surface area contributed by atoms with Crippen LogP contribution in [-0.4, -0.2) is 25.7 Å². The Morgan fingerprint density at radius 2 is 1.71 bits per heavy atom. The van der Waals surface area contributed by atoms with Crippen molar-refractivity contribution in [2.24, 2.45) is 0 Å². The van der Waals surface area contributed by atoms with Gasteiger partial charge in [0, 0.05) is 23.0 Å². The molecule has 31 heavy (non-hydrogen) atoms. The van der Waals surface area contributed by atoms with Crippen LogP contribution in [0.5, 0.6) is 11.6 Å². The summed E-state index contributed by atoms with van der Waals surface area (Å²) in [6, 6.07) is 16.4. The van der Waals surface area contributed by atoms with E-state index in [9.17, 15) is 4.79 Å². The smallest absolute Gasteiger partial charge is 0.255 e. The second-order valence-corrected chi connectivity index (χ2v) is 7.32. The Labute approximate surface area is 180 Å². The highest BCUT2D eigenvalue weighted by atomic mass is 16.5. The maximum Gasteiger partial charge on any atom is 0.255 e. The fourth-order valence-corrected chi connectivity index (χ4v) is 3.20. The van der Waals surface area contributed by atoms with Gasteiger partial charge in [-0.05, 0) is 69.2 Å². The summed E-state index contributed by atoms with van der Waals surface area (Å²) in [6.07, 6.45) is 1.45. The summed E-state index contributed by atoms with van der Waals surface area (Å²) < 4.78 is 7.66. The molecule has 0 spiro atoms. The Morgan fingerprint density at radius 1 is 0.968 bits per heavy atom. The van der Waals surface area contributed by atoms with Crippen molar-refractivity contribution in [3.8, 4) is 17.4 Å². The van der Waals surface area contributed by atoms with Gasteiger partial charge in [0.1, 0.15) is 12.1 Å². The Bertz CT molecular complexity index is 1250. The van der Waals surface area contributed by atoms with Crippen molar-refractivity contribution in [3.05, 3.63) is 89.0 Å². The SMILES string of the molecule is Cc1ccccc1C(=O)Nc1ccc(Oc2cc(-n3nc(C)c(C)c3C)ncn2)cc1. The summed E-state index contributed by atoms with van der Waals surface area (Å²) in [5.74, 6) is 1.50. The van der Waals surface area contributed by atoms with E-state index < -0.39 is 0 Å². The summed E-state index contributed by atoms with van der Waals surface area (Å²) >= 11 is 0. The van der Waals surface area contributed by atoms with Gasteiger partial charge in [-0.25, -0.2) is 14.6 Å². The van der Waals surface area contributed by atoms with Gasteiger partial charge in [0.05, 0.1) is 5.69 Å². The summed E-state index contributed by atoms with van der Waals surface area (Å²) in [6.45, 7) is 7.92. The third-order valence-corrected chi connectivity index (χ3v) is 5.22. The van der Waals surface area contributed by atoms with E-state index in [1.807, 2.05) is 45.9 Å². The van der Waals surface area contributed by atoms with Gasteiger partial charge < -0.3 is 10.1 Å². The van der Waals surface area contributed by atoms with E-state index in [4.69, 9.17) is 4.74 Å². The quantitative estimate of drug-likeness (QED) is 0.501. The molecule has 2 aromatic carbocycles. The van der Waals surface area contributed by atoms with Gasteiger partial charge in [-0.1, -0.05) is 18.2 Å². The molecule has 1 amide bonds. The van der Waals surface area contributed by atoms with Crippen molar-refractivity contribution in [3.63, 3.8) is 0 Å². The number of rotatable bonds is 5. The van der Waals surface area contributed by atoms with Crippen molar-refractivity contribution in [2.75, 3.05) is 5.32 Å². The van der Waals surface area contributed by atoms with Gasteiger partial charge in [-0.3, -0.25) is 4.79 Å². The number of benzene rings is 2. The Kier molecular flexibility index (Phi) is 5.49. The molecule has 0 aliphatic heterocycles. The topological polar surface area (TPSA) is 81.9 Å². The maximum absolute atomic E-state index is 12.5. The molecule has 4 aromatic rings. The maximum atomic E-state index is 12.5. The lowest BCUT2D eigenvalue weighted by atomic mass is 10.1. The fraction of sp³-hybridized carbons (Fsp3) is 0.167. The van der Waals surface area contributed by atoms with Crippen molar-refractivity contribution < 1.29 is 9.53 Å². The lowest BCUT2D eigenvalue weighted by molar-refractivity contribution is 0.102. The zero-order chi connectivity index (χ0) is 22.0. The summed E-state index contributed by atoms with van der Waals surface area (Å²) in [5.41, 5.74) is 5.37. The van der Waals surface area contributed by atoms with E-state index in [1.54, 1.807) is 41.1 Å². The minimum atomic E-state index is -0.146. The number of ether oxygens (including phenoxy) is 1. The fourth-order valence-electron chi connectivity index (χ4n) is 3.20. The number of carbonyl (C=O) groups is 1. The number of hydrogen-bond acceptors (Lipinski definition) is 5. The molecule has 0 aliphatic rings. The third kappa shape index (κ3) is 4.30. The van der Waals surface area contributed by atoms with Crippen LogP contribution in [0.15, 0.2) is 60.9 Å². The molecule has 156 valence electrons. The van der Waals surface area contributed by atoms with E-state index in [0.717, 1.165) is 22.5 Å². The number of aromatic nitrogens is 4. The average Bonchev–Trinajstić information content (AvgIpc) is 3.03. The zero-order valence-corrected chi connectivity index (χ0v) is 17.9. The van der Waals surface area contributed by atoms with Crippen LogP contribution in [0.1, 0.15) is 32.9 Å². The second-order valence-electron chi connectivity index (χ2n) is 7.32. The van der Waals surface area contributed by atoms with Gasteiger partial charge in [0.25, 0.3) is 5.91 Å². The van der Waals surface area contributed by atoms with Crippen LogP contribution < -0.4 is 10.1 Å². The highest BCUT2D eigenvalue weighted by Gasteiger charge is 2.12. The van der Waals surface area contributed by atoms with E-state index in [1.165, 1.54) is 6.33 Å². The Morgan fingerprint density at radius 3 is 2.39 bits per heavy atom. The zero-order valence-electron chi connectivity index (χ0n) is 17.9. The largest absolute Gasteiger partial charge is 0.439 e. The predicted octanol–water partition coefficient (Wildman–Crippen LogP) is 4.94. The van der Waals surface area contributed by atoms with Crippen molar-refractivity contribution in [2.45, 2.75) is 27.7 Å². The normalized spacial score (nSPS) is 10.7. The molecule has 0 radical (unpaired) electrons. The van der Waals surface area contributed by atoms with Crippen molar-refractivity contribution in [1.29, 1.82) is 0 Å². The van der Waals surface area contributed by atoms with Crippen LogP contribution in [0.4, 0.5) is 5.69 Å². The van der Waals surface area contributed by atoms with E-state index >= 15 is 0 Å². The van der Waals surface area contributed by atoms with Crippen molar-refractivity contribution in [1.82, 2.24) is 19.7 Å². The van der Waals surface area contributed by atoms with Crippen LogP contribution in [0.25, 0.3) is 5.82 Å². The molecule has 7 nitrogen and oxygen atoms in total. The number of nitrogens with one attached hydrogen (secondary N) is 1. The number of nitrogens with zero attached hydrogens (tertiary/aromatic N) is 4. The number of amides is 1. The number of carbonyl (C=O) groups excluding carboxylic acids is 1. The molecule has 0 fully saturated rings. The summed E-state index contributed by atoms with van der Waals surface area (Å²) in [4.78, 5) is 21.0. The lowest BCUT2D eigenvalue weighted by Crippen LogP contribution is -2.13. The molecule has 0 saturated heterocycles. The highest BCUT2D eigenvalue weighted by molar-refractivity contribution is 6.05. The summed E-state index contributed by atoms with van der Waals surface area (Å²) in [7, 11) is 0. The molecular formula is C24H23N5O2.